The Balaban J connectivity index is 0.00000363. The average molecular weight is 550 g/mol. The monoisotopic (exact) mass is 550 g/mol. The third kappa shape index (κ3) is 7.12. The molecule has 0 radical (unpaired) electrons. The van der Waals surface area contributed by atoms with Gasteiger partial charge >= 0.3 is 0 Å². The fraction of sp³-hybridized carbons (Fsp3) is 0.440. The van der Waals surface area contributed by atoms with Crippen molar-refractivity contribution in [3.8, 4) is 5.75 Å². The molecule has 1 fully saturated rings. The number of nitrogens with zero attached hydrogens (tertiary/aromatic N) is 2. The Kier molecular flexibility index (Phi) is 10.3. The maximum absolute atomic E-state index is 11.7. The normalized spacial score (nSPS) is 14.5. The van der Waals surface area contributed by atoms with Crippen molar-refractivity contribution < 1.29 is 9.53 Å². The fourth-order valence-corrected chi connectivity index (χ4v) is 3.74. The highest BCUT2D eigenvalue weighted by atomic mass is 127. The largest absolute Gasteiger partial charge is 0.484 e. The molecule has 2 aromatic rings. The van der Waals surface area contributed by atoms with Crippen LogP contribution in [0.15, 0.2) is 59.6 Å². The molecule has 0 aliphatic heterocycles. The van der Waals surface area contributed by atoms with Gasteiger partial charge in [-0.1, -0.05) is 48.9 Å². The maximum Gasteiger partial charge on any atom is 0.259 e. The van der Waals surface area contributed by atoms with E-state index in [1.54, 1.807) is 14.1 Å². The van der Waals surface area contributed by atoms with E-state index in [9.17, 15) is 4.79 Å². The van der Waals surface area contributed by atoms with Crippen molar-refractivity contribution in [1.29, 1.82) is 0 Å². The minimum Gasteiger partial charge on any atom is -0.484 e. The molecule has 1 aliphatic rings. The molecule has 0 saturated heterocycles. The van der Waals surface area contributed by atoms with E-state index in [2.05, 4.69) is 47.9 Å². The second-order valence-electron chi connectivity index (χ2n) is 8.27. The molecule has 2 aromatic carbocycles. The minimum absolute atomic E-state index is 0. The van der Waals surface area contributed by atoms with Gasteiger partial charge in [0.1, 0.15) is 5.75 Å². The lowest BCUT2D eigenvalue weighted by Crippen LogP contribution is -2.48. The smallest absolute Gasteiger partial charge is 0.259 e. The first kappa shape index (κ1) is 26.0. The molecule has 1 aliphatic carbocycles. The first-order chi connectivity index (χ1) is 15.0. The molecule has 1 amide bonds. The lowest BCUT2D eigenvalue weighted by Gasteiger charge is -2.43. The van der Waals surface area contributed by atoms with Gasteiger partial charge in [-0.3, -0.25) is 4.79 Å². The highest BCUT2D eigenvalue weighted by molar-refractivity contribution is 14.0. The quantitative estimate of drug-likeness (QED) is 0.282. The molecule has 2 N–H and O–H groups in total. The van der Waals surface area contributed by atoms with Crippen LogP contribution in [0, 0.1) is 0 Å². The molecular weight excluding hydrogens is 515 g/mol. The predicted molar refractivity (Wildman–Crippen MR) is 141 cm³/mol. The first-order valence-electron chi connectivity index (χ1n) is 11.0. The molecule has 0 bridgehead atoms. The third-order valence-electron chi connectivity index (χ3n) is 5.81. The number of ether oxygens (including phenoxy) is 1. The van der Waals surface area contributed by atoms with Crippen molar-refractivity contribution >= 4 is 35.8 Å². The highest BCUT2D eigenvalue weighted by Gasteiger charge is 2.38. The first-order valence-corrected chi connectivity index (χ1v) is 11.0. The molecule has 0 heterocycles. The number of amides is 1. The van der Waals surface area contributed by atoms with Crippen molar-refractivity contribution in [3.05, 3.63) is 65.7 Å². The zero-order valence-corrected chi connectivity index (χ0v) is 21.6. The number of hydrogen-bond donors (Lipinski definition) is 2. The second-order valence-corrected chi connectivity index (χ2v) is 8.27. The summed E-state index contributed by atoms with van der Waals surface area (Å²) >= 11 is 0. The number of benzene rings is 2. The number of rotatable bonds is 9. The number of carbonyl (C=O) groups excluding carboxylic acids is 1. The Morgan fingerprint density at radius 3 is 2.47 bits per heavy atom. The van der Waals surface area contributed by atoms with Gasteiger partial charge in [0.25, 0.3) is 5.91 Å². The van der Waals surface area contributed by atoms with E-state index in [1.165, 1.54) is 29.7 Å². The van der Waals surface area contributed by atoms with Crippen LogP contribution < -0.4 is 15.4 Å². The number of aliphatic imine (C=N–C) groups is 1. The van der Waals surface area contributed by atoms with Gasteiger partial charge in [-0.2, -0.15) is 0 Å². The molecule has 7 heteroatoms. The minimum atomic E-state index is -0.0644. The van der Waals surface area contributed by atoms with Crippen molar-refractivity contribution in [2.75, 3.05) is 33.8 Å². The molecule has 32 heavy (non-hydrogen) atoms. The molecule has 1 saturated carbocycles. The zero-order valence-electron chi connectivity index (χ0n) is 19.3. The van der Waals surface area contributed by atoms with Crippen LogP contribution in [0.5, 0.6) is 5.75 Å². The van der Waals surface area contributed by atoms with Crippen LogP contribution >= 0.6 is 24.0 Å². The van der Waals surface area contributed by atoms with Gasteiger partial charge in [-0.25, -0.2) is 4.99 Å². The maximum atomic E-state index is 11.7. The van der Waals surface area contributed by atoms with Crippen LogP contribution in [0.3, 0.4) is 0 Å². The zero-order chi connectivity index (χ0) is 22.1. The van der Waals surface area contributed by atoms with Crippen LogP contribution in [0.1, 0.15) is 37.3 Å². The Hall–Kier alpha value is -2.29. The Labute approximate surface area is 208 Å². The van der Waals surface area contributed by atoms with Crippen LogP contribution in [-0.2, 0) is 16.8 Å². The number of guanidine groups is 1. The lowest BCUT2D eigenvalue weighted by molar-refractivity contribution is -0.130. The predicted octanol–water partition coefficient (Wildman–Crippen LogP) is 3.95. The molecule has 0 aromatic heterocycles. The van der Waals surface area contributed by atoms with Gasteiger partial charge in [0.05, 0.1) is 6.54 Å². The van der Waals surface area contributed by atoms with E-state index in [0.717, 1.165) is 24.6 Å². The lowest BCUT2D eigenvalue weighted by atomic mass is 9.64. The number of hydrogen-bond acceptors (Lipinski definition) is 3. The molecule has 6 nitrogen and oxygen atoms in total. The number of carbonyl (C=O) groups is 1. The van der Waals surface area contributed by atoms with Gasteiger partial charge < -0.3 is 20.3 Å². The van der Waals surface area contributed by atoms with Crippen molar-refractivity contribution in [2.24, 2.45) is 4.99 Å². The summed E-state index contributed by atoms with van der Waals surface area (Å²) in [5.74, 6) is 1.43. The van der Waals surface area contributed by atoms with Gasteiger partial charge in [-0.15, -0.1) is 24.0 Å². The fourth-order valence-electron chi connectivity index (χ4n) is 3.74. The standard InChI is InChI=1S/C25H34N4O2.HI/c1-4-26-24(28-19-25(14-9-15-25)21-11-6-5-7-12-21)27-17-20-10-8-13-22(16-20)31-18-23(30)29(2)3;/h5-8,10-13,16H,4,9,14-15,17-19H2,1-3H3,(H2,26,27,28);1H. The second kappa shape index (κ2) is 12.7. The van der Waals surface area contributed by atoms with E-state index in [1.807, 2.05) is 24.3 Å². The van der Waals surface area contributed by atoms with Crippen LogP contribution in [0.2, 0.25) is 0 Å². The van der Waals surface area contributed by atoms with Gasteiger partial charge in [0, 0.05) is 32.6 Å². The topological polar surface area (TPSA) is 66.0 Å². The van der Waals surface area contributed by atoms with Gasteiger partial charge in [-0.05, 0) is 43.0 Å². The third-order valence-corrected chi connectivity index (χ3v) is 5.81. The number of likely N-dealkylation sites (N-methyl/N-ethyl adjacent to an activating group) is 1. The summed E-state index contributed by atoms with van der Waals surface area (Å²) in [5.41, 5.74) is 2.64. The average Bonchev–Trinajstić information content (AvgIpc) is 2.76. The SMILES string of the molecule is CCNC(=NCc1cccc(OCC(=O)N(C)C)c1)NCC1(c2ccccc2)CCC1.I. The van der Waals surface area contributed by atoms with E-state index in [0.29, 0.717) is 12.3 Å². The summed E-state index contributed by atoms with van der Waals surface area (Å²) in [4.78, 5) is 18.0. The van der Waals surface area contributed by atoms with Crippen LogP contribution in [0.25, 0.3) is 0 Å². The summed E-state index contributed by atoms with van der Waals surface area (Å²) in [6.07, 6.45) is 3.68. The van der Waals surface area contributed by atoms with Crippen molar-refractivity contribution in [3.63, 3.8) is 0 Å². The van der Waals surface area contributed by atoms with E-state index in [4.69, 9.17) is 9.73 Å². The highest BCUT2D eigenvalue weighted by Crippen LogP contribution is 2.43. The van der Waals surface area contributed by atoms with Crippen molar-refractivity contribution in [1.82, 2.24) is 15.5 Å². The Morgan fingerprint density at radius 2 is 1.84 bits per heavy atom. The summed E-state index contributed by atoms with van der Waals surface area (Å²) in [5, 5.41) is 6.91. The molecular formula is C25H35IN4O2. The summed E-state index contributed by atoms with van der Waals surface area (Å²) in [6.45, 7) is 4.32. The number of halogens is 1. The van der Waals surface area contributed by atoms with Crippen molar-refractivity contribution in [2.45, 2.75) is 38.1 Å². The van der Waals surface area contributed by atoms with E-state index in [-0.39, 0.29) is 41.9 Å². The molecule has 0 spiro atoms. The van der Waals surface area contributed by atoms with Gasteiger partial charge in [0.2, 0.25) is 0 Å². The summed E-state index contributed by atoms with van der Waals surface area (Å²) < 4.78 is 5.62. The van der Waals surface area contributed by atoms with E-state index >= 15 is 0 Å². The van der Waals surface area contributed by atoms with E-state index < -0.39 is 0 Å². The van der Waals surface area contributed by atoms with Crippen LogP contribution in [-0.4, -0.2) is 50.6 Å². The Bertz CT molecular complexity index is 883. The Morgan fingerprint density at radius 1 is 1.09 bits per heavy atom. The molecule has 0 atom stereocenters. The molecule has 174 valence electrons. The van der Waals surface area contributed by atoms with Gasteiger partial charge in [0.15, 0.2) is 12.6 Å². The summed E-state index contributed by atoms with van der Waals surface area (Å²) in [7, 11) is 3.44. The summed E-state index contributed by atoms with van der Waals surface area (Å²) in [6, 6.07) is 18.5. The molecule has 0 unspecified atom stereocenters. The molecule has 3 rings (SSSR count). The van der Waals surface area contributed by atoms with Crippen LogP contribution in [0.4, 0.5) is 0 Å². The number of nitrogens with one attached hydrogen (secondary N) is 2.